The molecule has 0 radical (unpaired) electrons. The Morgan fingerprint density at radius 2 is 2.42 bits per heavy atom. The van der Waals surface area contributed by atoms with E-state index >= 15 is 0 Å². The van der Waals surface area contributed by atoms with Gasteiger partial charge in [0, 0.05) is 0 Å². The van der Waals surface area contributed by atoms with E-state index < -0.39 is 0 Å². The molecular weight excluding hydrogens is 152 g/mol. The molecule has 0 spiro atoms. The van der Waals surface area contributed by atoms with Crippen LogP contribution in [0.1, 0.15) is 33.1 Å². The van der Waals surface area contributed by atoms with E-state index in [9.17, 15) is 4.79 Å². The summed E-state index contributed by atoms with van der Waals surface area (Å²) in [4.78, 5) is 9.96. The summed E-state index contributed by atoms with van der Waals surface area (Å²) in [6.45, 7) is 5.50. The fourth-order valence-electron chi connectivity index (χ4n) is 1.69. The maximum absolute atomic E-state index is 9.96. The molecule has 2 nitrogen and oxygen atoms in total. The van der Waals surface area contributed by atoms with Gasteiger partial charge in [0.25, 0.3) is 6.47 Å². The van der Waals surface area contributed by atoms with E-state index in [1.807, 2.05) is 0 Å². The molecule has 0 aromatic rings. The molecule has 0 heterocycles. The van der Waals surface area contributed by atoms with Crippen LogP contribution in [0.2, 0.25) is 0 Å². The molecule has 0 aliphatic heterocycles. The second-order valence-electron chi connectivity index (χ2n) is 4.15. The van der Waals surface area contributed by atoms with Crippen molar-refractivity contribution in [3.8, 4) is 0 Å². The fraction of sp³-hybridized carbons (Fsp3) is 0.700. The maximum Gasteiger partial charge on any atom is 0.293 e. The molecule has 1 rings (SSSR count). The number of hydrogen-bond donors (Lipinski definition) is 0. The normalized spacial score (nSPS) is 21.3. The van der Waals surface area contributed by atoms with E-state index in [1.165, 1.54) is 12.0 Å². The number of allylic oxidation sites excluding steroid dienone is 1. The number of rotatable bonds is 3. The Kier molecular flexibility index (Phi) is 2.90. The molecular formula is C10H16O2. The van der Waals surface area contributed by atoms with Crippen molar-refractivity contribution in [2.24, 2.45) is 5.41 Å². The van der Waals surface area contributed by atoms with E-state index in [4.69, 9.17) is 4.74 Å². The third kappa shape index (κ3) is 2.68. The van der Waals surface area contributed by atoms with Crippen molar-refractivity contribution >= 4 is 6.47 Å². The molecule has 68 valence electrons. The Balaban J connectivity index is 2.44. The van der Waals surface area contributed by atoms with Crippen LogP contribution < -0.4 is 0 Å². The first-order chi connectivity index (χ1) is 5.64. The summed E-state index contributed by atoms with van der Waals surface area (Å²) in [5.41, 5.74) is 1.65. The van der Waals surface area contributed by atoms with E-state index in [2.05, 4.69) is 19.9 Å². The van der Waals surface area contributed by atoms with E-state index in [1.54, 1.807) is 0 Å². The lowest BCUT2D eigenvalue weighted by molar-refractivity contribution is -0.127. The molecule has 0 unspecified atom stereocenters. The highest BCUT2D eigenvalue weighted by atomic mass is 16.5. The summed E-state index contributed by atoms with van der Waals surface area (Å²) in [6, 6.07) is 0. The molecule has 0 fully saturated rings. The minimum absolute atomic E-state index is 0.385. The highest BCUT2D eigenvalue weighted by Crippen LogP contribution is 2.34. The molecule has 0 bridgehead atoms. The lowest BCUT2D eigenvalue weighted by atomic mass is 9.77. The highest BCUT2D eigenvalue weighted by molar-refractivity contribution is 5.37. The molecule has 0 saturated carbocycles. The number of hydrogen-bond acceptors (Lipinski definition) is 2. The van der Waals surface area contributed by atoms with Crippen molar-refractivity contribution in [3.63, 3.8) is 0 Å². The lowest BCUT2D eigenvalue weighted by Gasteiger charge is -2.29. The van der Waals surface area contributed by atoms with Gasteiger partial charge < -0.3 is 4.74 Å². The van der Waals surface area contributed by atoms with E-state index in [0.717, 1.165) is 12.8 Å². The van der Waals surface area contributed by atoms with Crippen LogP contribution in [0.5, 0.6) is 0 Å². The van der Waals surface area contributed by atoms with Crippen LogP contribution in [0.4, 0.5) is 0 Å². The smallest absolute Gasteiger partial charge is 0.293 e. The van der Waals surface area contributed by atoms with Crippen LogP contribution in [0, 0.1) is 5.41 Å². The average Bonchev–Trinajstić information content (AvgIpc) is 1.99. The second kappa shape index (κ2) is 3.74. The molecule has 1 aliphatic carbocycles. The van der Waals surface area contributed by atoms with Gasteiger partial charge in [0.2, 0.25) is 0 Å². The average molecular weight is 168 g/mol. The summed E-state index contributed by atoms with van der Waals surface area (Å²) in [6.07, 6.45) is 5.59. The predicted molar refractivity (Wildman–Crippen MR) is 47.7 cm³/mol. The zero-order valence-corrected chi connectivity index (χ0v) is 7.80. The SMILES string of the molecule is CC1(C)CCC=C(COC=O)C1. The predicted octanol–water partition coefficient (Wildman–Crippen LogP) is 2.30. The third-order valence-electron chi connectivity index (χ3n) is 2.30. The molecule has 2 heteroatoms. The van der Waals surface area contributed by atoms with Gasteiger partial charge >= 0.3 is 0 Å². The molecule has 12 heavy (non-hydrogen) atoms. The Hall–Kier alpha value is -0.790. The first-order valence-electron chi connectivity index (χ1n) is 4.37. The third-order valence-corrected chi connectivity index (χ3v) is 2.30. The van der Waals surface area contributed by atoms with Crippen LogP contribution in [0.25, 0.3) is 0 Å². The zero-order chi connectivity index (χ0) is 9.03. The monoisotopic (exact) mass is 168 g/mol. The Morgan fingerprint density at radius 1 is 1.67 bits per heavy atom. The van der Waals surface area contributed by atoms with Crippen molar-refractivity contribution in [2.45, 2.75) is 33.1 Å². The number of ether oxygens (including phenoxy) is 1. The molecule has 0 aromatic heterocycles. The van der Waals surface area contributed by atoms with E-state index in [0.29, 0.717) is 18.5 Å². The summed E-state index contributed by atoms with van der Waals surface area (Å²) in [5, 5.41) is 0. The van der Waals surface area contributed by atoms with Crippen molar-refractivity contribution in [1.29, 1.82) is 0 Å². The van der Waals surface area contributed by atoms with Crippen molar-refractivity contribution in [3.05, 3.63) is 11.6 Å². The Labute approximate surface area is 73.6 Å². The summed E-state index contributed by atoms with van der Waals surface area (Å²) in [7, 11) is 0. The number of carbonyl (C=O) groups excluding carboxylic acids is 1. The Morgan fingerprint density at radius 3 is 3.00 bits per heavy atom. The van der Waals surface area contributed by atoms with E-state index in [-0.39, 0.29) is 0 Å². The van der Waals surface area contributed by atoms with Gasteiger partial charge in [-0.2, -0.15) is 0 Å². The van der Waals surface area contributed by atoms with Crippen molar-refractivity contribution < 1.29 is 9.53 Å². The molecule has 0 atom stereocenters. The minimum Gasteiger partial charge on any atom is -0.463 e. The summed E-state index contributed by atoms with van der Waals surface area (Å²) in [5.74, 6) is 0. The van der Waals surface area contributed by atoms with Gasteiger partial charge in [0.1, 0.15) is 6.61 Å². The Bertz CT molecular complexity index is 192. The first-order valence-corrected chi connectivity index (χ1v) is 4.37. The van der Waals surface area contributed by atoms with Gasteiger partial charge in [-0.1, -0.05) is 19.9 Å². The van der Waals surface area contributed by atoms with Crippen LogP contribution in [-0.4, -0.2) is 13.1 Å². The fourth-order valence-corrected chi connectivity index (χ4v) is 1.69. The quantitative estimate of drug-likeness (QED) is 0.477. The molecule has 0 saturated heterocycles. The lowest BCUT2D eigenvalue weighted by Crippen LogP contribution is -2.17. The van der Waals surface area contributed by atoms with Gasteiger partial charge in [-0.05, 0) is 30.3 Å². The van der Waals surface area contributed by atoms with Gasteiger partial charge in [-0.25, -0.2) is 0 Å². The van der Waals surface area contributed by atoms with Gasteiger partial charge in [-0.3, -0.25) is 4.79 Å². The van der Waals surface area contributed by atoms with Crippen molar-refractivity contribution in [1.82, 2.24) is 0 Å². The second-order valence-corrected chi connectivity index (χ2v) is 4.15. The summed E-state index contributed by atoms with van der Waals surface area (Å²) < 4.78 is 4.72. The van der Waals surface area contributed by atoms with Gasteiger partial charge in [0.15, 0.2) is 0 Å². The topological polar surface area (TPSA) is 26.3 Å². The standard InChI is InChI=1S/C10H16O2/c1-10(2)5-3-4-9(6-10)7-12-8-11/h4,8H,3,5-7H2,1-2H3. The van der Waals surface area contributed by atoms with Gasteiger partial charge in [-0.15, -0.1) is 0 Å². The highest BCUT2D eigenvalue weighted by Gasteiger charge is 2.22. The zero-order valence-electron chi connectivity index (χ0n) is 7.80. The van der Waals surface area contributed by atoms with Crippen LogP contribution >= 0.6 is 0 Å². The maximum atomic E-state index is 9.96. The number of carbonyl (C=O) groups is 1. The summed E-state index contributed by atoms with van der Waals surface area (Å²) >= 11 is 0. The first kappa shape index (κ1) is 9.30. The van der Waals surface area contributed by atoms with Gasteiger partial charge in [0.05, 0.1) is 0 Å². The van der Waals surface area contributed by atoms with Crippen LogP contribution in [0.3, 0.4) is 0 Å². The van der Waals surface area contributed by atoms with Crippen LogP contribution in [0.15, 0.2) is 11.6 Å². The molecule has 0 aromatic carbocycles. The van der Waals surface area contributed by atoms with Crippen molar-refractivity contribution in [2.75, 3.05) is 6.61 Å². The molecule has 0 amide bonds. The minimum atomic E-state index is 0.385. The molecule has 0 N–H and O–H groups in total. The van der Waals surface area contributed by atoms with Crippen LogP contribution in [-0.2, 0) is 9.53 Å². The largest absolute Gasteiger partial charge is 0.463 e. The molecule has 1 aliphatic rings.